The Morgan fingerprint density at radius 3 is 3.07 bits per heavy atom. The van der Waals surface area contributed by atoms with Gasteiger partial charge in [-0.1, -0.05) is 11.6 Å². The average molecular weight is 238 g/mol. The number of halogens is 1. The van der Waals surface area contributed by atoms with Crippen LogP contribution in [0.1, 0.15) is 0 Å². The lowest BCUT2D eigenvalue weighted by Crippen LogP contribution is -1.89. The van der Waals surface area contributed by atoms with Gasteiger partial charge in [-0.3, -0.25) is 9.38 Å². The van der Waals surface area contributed by atoms with Crippen LogP contribution in [0.4, 0.5) is 0 Å². The van der Waals surface area contributed by atoms with Gasteiger partial charge in [0.2, 0.25) is 0 Å². The van der Waals surface area contributed by atoms with Gasteiger partial charge in [-0.2, -0.15) is 0 Å². The van der Waals surface area contributed by atoms with Gasteiger partial charge in [0, 0.05) is 18.6 Å². The van der Waals surface area contributed by atoms with Gasteiger partial charge >= 0.3 is 0 Å². The SMILES string of the molecule is Clc1nccn2c(-c3cncs3)nnc12. The molecule has 0 radical (unpaired) electrons. The molecule has 0 spiro atoms. The molecular weight excluding hydrogens is 234 g/mol. The third-order valence-corrected chi connectivity index (χ3v) is 2.97. The van der Waals surface area contributed by atoms with E-state index in [1.165, 1.54) is 11.3 Å². The molecule has 0 aliphatic carbocycles. The zero-order chi connectivity index (χ0) is 10.3. The van der Waals surface area contributed by atoms with E-state index >= 15 is 0 Å². The Morgan fingerprint density at radius 2 is 2.27 bits per heavy atom. The summed E-state index contributed by atoms with van der Waals surface area (Å²) >= 11 is 7.39. The number of rotatable bonds is 1. The van der Waals surface area contributed by atoms with Gasteiger partial charge in [-0.05, 0) is 0 Å². The van der Waals surface area contributed by atoms with Gasteiger partial charge in [0.1, 0.15) is 0 Å². The highest BCUT2D eigenvalue weighted by atomic mass is 35.5. The number of fused-ring (bicyclic) bond motifs is 1. The van der Waals surface area contributed by atoms with Crippen LogP contribution in [0.2, 0.25) is 5.15 Å². The molecule has 3 aromatic heterocycles. The standard InChI is InChI=1S/C8H4ClN5S/c9-6-8-13-12-7(5-3-10-4-15-5)14(8)2-1-11-6/h1-4H. The molecule has 0 N–H and O–H groups in total. The zero-order valence-electron chi connectivity index (χ0n) is 7.33. The number of hydrogen-bond donors (Lipinski definition) is 0. The molecule has 74 valence electrons. The first-order valence-corrected chi connectivity index (χ1v) is 5.36. The molecule has 3 rings (SSSR count). The second kappa shape index (κ2) is 3.25. The van der Waals surface area contributed by atoms with Crippen LogP contribution in [0.5, 0.6) is 0 Å². The predicted octanol–water partition coefficient (Wildman–Crippen LogP) is 1.90. The molecule has 0 unspecified atom stereocenters. The van der Waals surface area contributed by atoms with Crippen molar-refractivity contribution >= 4 is 28.6 Å². The molecule has 7 heteroatoms. The maximum Gasteiger partial charge on any atom is 0.198 e. The van der Waals surface area contributed by atoms with Gasteiger partial charge in [-0.25, -0.2) is 4.98 Å². The Bertz CT molecular complexity index is 603. The lowest BCUT2D eigenvalue weighted by molar-refractivity contribution is 1.11. The largest absolute Gasteiger partial charge is 0.278 e. The van der Waals surface area contributed by atoms with Gasteiger partial charge in [0.15, 0.2) is 16.6 Å². The molecule has 3 aromatic rings. The summed E-state index contributed by atoms with van der Waals surface area (Å²) in [5.41, 5.74) is 2.31. The van der Waals surface area contributed by atoms with Crippen molar-refractivity contribution in [3.05, 3.63) is 29.3 Å². The summed E-state index contributed by atoms with van der Waals surface area (Å²) in [7, 11) is 0. The quantitative estimate of drug-likeness (QED) is 0.649. The van der Waals surface area contributed by atoms with Crippen molar-refractivity contribution in [1.82, 2.24) is 24.6 Å². The van der Waals surface area contributed by atoms with Gasteiger partial charge < -0.3 is 0 Å². The third-order valence-electron chi connectivity index (χ3n) is 1.94. The van der Waals surface area contributed by atoms with Crippen molar-refractivity contribution in [2.75, 3.05) is 0 Å². The van der Waals surface area contributed by atoms with Gasteiger partial charge in [0.25, 0.3) is 0 Å². The maximum absolute atomic E-state index is 5.89. The van der Waals surface area contributed by atoms with E-state index in [1.54, 1.807) is 28.5 Å². The van der Waals surface area contributed by atoms with Crippen molar-refractivity contribution in [3.63, 3.8) is 0 Å². The fourth-order valence-electron chi connectivity index (χ4n) is 1.29. The van der Waals surface area contributed by atoms with E-state index in [-0.39, 0.29) is 0 Å². The third kappa shape index (κ3) is 1.30. The lowest BCUT2D eigenvalue weighted by Gasteiger charge is -1.95. The summed E-state index contributed by atoms with van der Waals surface area (Å²) in [5, 5.41) is 8.38. The first-order valence-electron chi connectivity index (χ1n) is 4.10. The Hall–Kier alpha value is -1.53. The Morgan fingerprint density at radius 1 is 1.33 bits per heavy atom. The summed E-state index contributed by atoms with van der Waals surface area (Å²) in [4.78, 5) is 8.88. The fourth-order valence-corrected chi connectivity index (χ4v) is 2.08. The summed E-state index contributed by atoms with van der Waals surface area (Å²) in [6.07, 6.45) is 5.13. The van der Waals surface area contributed by atoms with Crippen LogP contribution in [-0.4, -0.2) is 24.6 Å². The van der Waals surface area contributed by atoms with E-state index in [9.17, 15) is 0 Å². The normalized spacial score (nSPS) is 11.0. The Kier molecular flexibility index (Phi) is 1.90. The van der Waals surface area contributed by atoms with E-state index in [1.807, 2.05) is 0 Å². The molecule has 0 fully saturated rings. The maximum atomic E-state index is 5.89. The first-order chi connectivity index (χ1) is 7.36. The predicted molar refractivity (Wildman–Crippen MR) is 56.9 cm³/mol. The Labute approximate surface area is 93.4 Å². The van der Waals surface area contributed by atoms with E-state index in [0.29, 0.717) is 10.8 Å². The summed E-state index contributed by atoms with van der Waals surface area (Å²) in [6, 6.07) is 0. The number of aromatic nitrogens is 5. The zero-order valence-corrected chi connectivity index (χ0v) is 8.90. The molecule has 0 aromatic carbocycles. The van der Waals surface area contributed by atoms with Crippen LogP contribution in [0.25, 0.3) is 16.3 Å². The molecule has 0 amide bonds. The molecular formula is C8H4ClN5S. The minimum absolute atomic E-state index is 0.348. The molecule has 0 saturated carbocycles. The average Bonchev–Trinajstić information content (AvgIpc) is 2.85. The second-order valence-corrected chi connectivity index (χ2v) is 4.05. The number of thiazole rings is 1. The van der Waals surface area contributed by atoms with E-state index < -0.39 is 0 Å². The van der Waals surface area contributed by atoms with Crippen LogP contribution in [0.15, 0.2) is 24.1 Å². The second-order valence-electron chi connectivity index (χ2n) is 2.80. The van der Waals surface area contributed by atoms with Crippen LogP contribution in [0, 0.1) is 0 Å². The van der Waals surface area contributed by atoms with Crippen LogP contribution in [-0.2, 0) is 0 Å². The molecule has 0 saturated heterocycles. The van der Waals surface area contributed by atoms with E-state index in [2.05, 4.69) is 20.2 Å². The Balaban J connectivity index is 2.34. The minimum Gasteiger partial charge on any atom is -0.278 e. The van der Waals surface area contributed by atoms with E-state index in [0.717, 1.165) is 10.7 Å². The van der Waals surface area contributed by atoms with Gasteiger partial charge in [-0.15, -0.1) is 21.5 Å². The smallest absolute Gasteiger partial charge is 0.198 e. The molecule has 0 aliphatic heterocycles. The summed E-state index contributed by atoms with van der Waals surface area (Å²) < 4.78 is 1.79. The molecule has 5 nitrogen and oxygen atoms in total. The number of nitrogens with zero attached hydrogens (tertiary/aromatic N) is 5. The highest BCUT2D eigenvalue weighted by molar-refractivity contribution is 7.13. The first kappa shape index (κ1) is 8.75. The highest BCUT2D eigenvalue weighted by Gasteiger charge is 2.11. The van der Waals surface area contributed by atoms with Crippen molar-refractivity contribution in [1.29, 1.82) is 0 Å². The molecule has 15 heavy (non-hydrogen) atoms. The van der Waals surface area contributed by atoms with E-state index in [4.69, 9.17) is 11.6 Å². The van der Waals surface area contributed by atoms with Crippen molar-refractivity contribution in [2.45, 2.75) is 0 Å². The van der Waals surface area contributed by atoms with Gasteiger partial charge in [0.05, 0.1) is 10.4 Å². The van der Waals surface area contributed by atoms with Crippen LogP contribution >= 0.6 is 22.9 Å². The van der Waals surface area contributed by atoms with Crippen molar-refractivity contribution in [3.8, 4) is 10.7 Å². The minimum atomic E-state index is 0.348. The molecule has 0 atom stereocenters. The summed E-state index contributed by atoms with van der Waals surface area (Å²) in [6.45, 7) is 0. The lowest BCUT2D eigenvalue weighted by atomic mass is 10.5. The molecule has 3 heterocycles. The summed E-state index contributed by atoms with van der Waals surface area (Å²) in [5.74, 6) is 0.733. The monoisotopic (exact) mass is 237 g/mol. The van der Waals surface area contributed by atoms with Crippen molar-refractivity contribution in [2.24, 2.45) is 0 Å². The van der Waals surface area contributed by atoms with Crippen LogP contribution < -0.4 is 0 Å². The topological polar surface area (TPSA) is 56.0 Å². The fraction of sp³-hybridized carbons (Fsp3) is 0. The molecule has 0 aliphatic rings. The molecule has 0 bridgehead atoms. The number of hydrogen-bond acceptors (Lipinski definition) is 5. The van der Waals surface area contributed by atoms with Crippen molar-refractivity contribution < 1.29 is 0 Å². The van der Waals surface area contributed by atoms with Crippen LogP contribution in [0.3, 0.4) is 0 Å². The highest BCUT2D eigenvalue weighted by Crippen LogP contribution is 2.23.